The Morgan fingerprint density at radius 3 is 1.76 bits per heavy atom. The first-order valence-corrected chi connectivity index (χ1v) is 9.63. The van der Waals surface area contributed by atoms with Gasteiger partial charge in [0.05, 0.1) is 5.16 Å². The van der Waals surface area contributed by atoms with E-state index in [-0.39, 0.29) is 0 Å². The highest BCUT2D eigenvalue weighted by Crippen LogP contribution is 2.56. The summed E-state index contributed by atoms with van der Waals surface area (Å²) in [6.07, 6.45) is 5.73. The monoisotopic (exact) mass is 325 g/mol. The van der Waals surface area contributed by atoms with Crippen LogP contribution in [0.1, 0.15) is 65.7 Å². The van der Waals surface area contributed by atoms with Crippen molar-refractivity contribution in [3.05, 3.63) is 0 Å². The number of aliphatic hydroxyl groups excluding tert-OH is 1. The van der Waals surface area contributed by atoms with E-state index in [1.807, 2.05) is 27.9 Å². The van der Waals surface area contributed by atoms with Gasteiger partial charge in [0, 0.05) is 6.61 Å². The Morgan fingerprint density at radius 2 is 1.52 bits per heavy atom. The van der Waals surface area contributed by atoms with Crippen LogP contribution in [0.15, 0.2) is 0 Å². The van der Waals surface area contributed by atoms with Crippen LogP contribution in [0.4, 0.5) is 0 Å². The minimum atomic E-state index is -3.95. The first-order chi connectivity index (χ1) is 9.70. The predicted molar refractivity (Wildman–Crippen MR) is 89.8 cm³/mol. The van der Waals surface area contributed by atoms with Crippen LogP contribution in [0.2, 0.25) is 0 Å². The van der Waals surface area contributed by atoms with Crippen molar-refractivity contribution in [1.82, 2.24) is 4.90 Å². The molecule has 0 aromatic carbocycles. The van der Waals surface area contributed by atoms with Crippen LogP contribution in [0, 0.1) is 0 Å². The normalized spacial score (nSPS) is 12.2. The highest BCUT2D eigenvalue weighted by atomic mass is 31.2. The van der Waals surface area contributed by atoms with Crippen molar-refractivity contribution in [3.8, 4) is 0 Å². The first kappa shape index (κ1) is 23.3. The van der Waals surface area contributed by atoms with Gasteiger partial charge in [-0.1, -0.05) is 40.0 Å². The third kappa shape index (κ3) is 10.4. The second-order valence-electron chi connectivity index (χ2n) is 5.81. The minimum Gasteiger partial charge on any atom is -0.396 e. The Bertz CT molecular complexity index is 275. The molecule has 21 heavy (non-hydrogen) atoms. The maximum atomic E-state index is 11.4. The SMILES string of the molecule is CCCCCC(CC)(CC)P(=O)(O)O.CN(C)CCCO. The standard InChI is InChI=1S/C10H23O3P.C5H13NO/c1-4-7-8-9-10(5-2,6-3)14(11,12)13;1-6(2)4-3-5-7/h4-9H2,1-3H3,(H2,11,12,13);7H,3-5H2,1-2H3. The number of hydrogen-bond acceptors (Lipinski definition) is 3. The van der Waals surface area contributed by atoms with E-state index in [9.17, 15) is 14.4 Å². The molecule has 0 aliphatic carbocycles. The molecule has 0 aliphatic heterocycles. The predicted octanol–water partition coefficient (Wildman–Crippen LogP) is 3.23. The van der Waals surface area contributed by atoms with E-state index in [0.29, 0.717) is 25.9 Å². The molecule has 6 heteroatoms. The maximum Gasteiger partial charge on any atom is 0.331 e. The largest absolute Gasteiger partial charge is 0.396 e. The number of rotatable bonds is 10. The van der Waals surface area contributed by atoms with Gasteiger partial charge in [-0.25, -0.2) is 0 Å². The summed E-state index contributed by atoms with van der Waals surface area (Å²) in [6, 6.07) is 0. The van der Waals surface area contributed by atoms with Crippen LogP contribution in [-0.4, -0.2) is 52.2 Å². The van der Waals surface area contributed by atoms with Crippen molar-refractivity contribution >= 4 is 7.60 Å². The average Bonchev–Trinajstić information content (AvgIpc) is 2.41. The molecule has 0 radical (unpaired) electrons. The molecule has 0 fully saturated rings. The third-order valence-corrected chi connectivity index (χ3v) is 6.04. The average molecular weight is 325 g/mol. The molecule has 3 N–H and O–H groups in total. The molecule has 0 aromatic heterocycles. The lowest BCUT2D eigenvalue weighted by molar-refractivity contribution is 0.263. The second kappa shape index (κ2) is 12.6. The number of nitrogens with zero attached hydrogens (tertiary/aromatic N) is 1. The molecule has 0 heterocycles. The lowest BCUT2D eigenvalue weighted by Crippen LogP contribution is -2.27. The van der Waals surface area contributed by atoms with Gasteiger partial charge in [-0.3, -0.25) is 4.57 Å². The van der Waals surface area contributed by atoms with Gasteiger partial charge in [-0.05, 0) is 46.3 Å². The number of unbranched alkanes of at least 4 members (excludes halogenated alkanes) is 2. The molecular formula is C15H36NO4P. The zero-order valence-corrected chi connectivity index (χ0v) is 15.4. The number of aliphatic hydroxyl groups is 1. The fourth-order valence-electron chi connectivity index (χ4n) is 2.25. The molecule has 0 amide bonds. The van der Waals surface area contributed by atoms with E-state index in [2.05, 4.69) is 11.8 Å². The van der Waals surface area contributed by atoms with Crippen LogP contribution >= 0.6 is 7.60 Å². The maximum absolute atomic E-state index is 11.4. The van der Waals surface area contributed by atoms with Crippen molar-refractivity contribution in [2.45, 2.75) is 70.9 Å². The van der Waals surface area contributed by atoms with E-state index in [0.717, 1.165) is 32.2 Å². The molecule has 5 nitrogen and oxygen atoms in total. The molecule has 0 aliphatic rings. The zero-order valence-electron chi connectivity index (χ0n) is 14.5. The molecule has 130 valence electrons. The Labute approximate surface area is 130 Å². The van der Waals surface area contributed by atoms with Crippen molar-refractivity contribution < 1.29 is 19.5 Å². The van der Waals surface area contributed by atoms with Crippen molar-refractivity contribution in [2.75, 3.05) is 27.2 Å². The highest BCUT2D eigenvalue weighted by Gasteiger charge is 2.42. The molecule has 0 atom stereocenters. The van der Waals surface area contributed by atoms with Crippen LogP contribution in [0.25, 0.3) is 0 Å². The molecule has 0 rings (SSSR count). The van der Waals surface area contributed by atoms with E-state index in [4.69, 9.17) is 5.11 Å². The van der Waals surface area contributed by atoms with Crippen molar-refractivity contribution in [1.29, 1.82) is 0 Å². The Morgan fingerprint density at radius 1 is 1.00 bits per heavy atom. The van der Waals surface area contributed by atoms with E-state index in [1.165, 1.54) is 0 Å². The Hall–Kier alpha value is 0.0700. The summed E-state index contributed by atoms with van der Waals surface area (Å²) in [6.45, 7) is 7.12. The van der Waals surface area contributed by atoms with Crippen molar-refractivity contribution in [2.24, 2.45) is 0 Å². The summed E-state index contributed by atoms with van der Waals surface area (Å²) >= 11 is 0. The van der Waals surface area contributed by atoms with Gasteiger partial charge in [0.2, 0.25) is 0 Å². The summed E-state index contributed by atoms with van der Waals surface area (Å²) in [4.78, 5) is 20.7. The van der Waals surface area contributed by atoms with Crippen LogP contribution in [0.5, 0.6) is 0 Å². The third-order valence-electron chi connectivity index (χ3n) is 3.94. The lowest BCUT2D eigenvalue weighted by Gasteiger charge is -2.32. The molecule has 0 spiro atoms. The Balaban J connectivity index is 0. The Kier molecular flexibility index (Phi) is 14.0. The fraction of sp³-hybridized carbons (Fsp3) is 1.00. The summed E-state index contributed by atoms with van der Waals surface area (Å²) in [7, 11) is 0.0444. The zero-order chi connectivity index (χ0) is 16.9. The van der Waals surface area contributed by atoms with Gasteiger partial charge >= 0.3 is 7.60 Å². The van der Waals surface area contributed by atoms with Crippen LogP contribution in [0.3, 0.4) is 0 Å². The van der Waals surface area contributed by atoms with Gasteiger partial charge in [0.25, 0.3) is 0 Å². The van der Waals surface area contributed by atoms with Gasteiger partial charge in [-0.2, -0.15) is 0 Å². The smallest absolute Gasteiger partial charge is 0.331 e. The van der Waals surface area contributed by atoms with Gasteiger partial charge in [-0.15, -0.1) is 0 Å². The van der Waals surface area contributed by atoms with Gasteiger partial charge < -0.3 is 19.8 Å². The van der Waals surface area contributed by atoms with Gasteiger partial charge in [0.1, 0.15) is 0 Å². The van der Waals surface area contributed by atoms with Crippen LogP contribution in [-0.2, 0) is 4.57 Å². The first-order valence-electron chi connectivity index (χ1n) is 8.02. The summed E-state index contributed by atoms with van der Waals surface area (Å²) in [5.41, 5.74) is 0. The van der Waals surface area contributed by atoms with E-state index < -0.39 is 12.8 Å². The van der Waals surface area contributed by atoms with Gasteiger partial charge in [0.15, 0.2) is 0 Å². The summed E-state index contributed by atoms with van der Waals surface area (Å²) < 4.78 is 11.4. The summed E-state index contributed by atoms with van der Waals surface area (Å²) in [5, 5.41) is 7.53. The van der Waals surface area contributed by atoms with Crippen molar-refractivity contribution in [3.63, 3.8) is 0 Å². The fourth-order valence-corrected chi connectivity index (χ4v) is 3.53. The van der Waals surface area contributed by atoms with E-state index >= 15 is 0 Å². The molecule has 0 aromatic rings. The highest BCUT2D eigenvalue weighted by molar-refractivity contribution is 7.53. The summed E-state index contributed by atoms with van der Waals surface area (Å²) in [5.74, 6) is 0. The van der Waals surface area contributed by atoms with Crippen LogP contribution < -0.4 is 0 Å². The van der Waals surface area contributed by atoms with E-state index in [1.54, 1.807) is 0 Å². The number of hydrogen-bond donors (Lipinski definition) is 3. The second-order valence-corrected chi connectivity index (χ2v) is 7.85. The molecule has 0 saturated carbocycles. The minimum absolute atomic E-state index is 0.304. The molecule has 0 unspecified atom stereocenters. The lowest BCUT2D eigenvalue weighted by atomic mass is 9.95. The quantitative estimate of drug-likeness (QED) is 0.424. The topological polar surface area (TPSA) is 81.0 Å². The molecular weight excluding hydrogens is 289 g/mol. The molecule has 0 saturated heterocycles. The molecule has 0 bridgehead atoms.